The highest BCUT2D eigenvalue weighted by atomic mass is 16.5. The minimum atomic E-state index is -0.297. The second-order valence-corrected chi connectivity index (χ2v) is 5.16. The molecule has 2 atom stereocenters. The van der Waals surface area contributed by atoms with Gasteiger partial charge in [-0.15, -0.1) is 0 Å². The first-order chi connectivity index (χ1) is 9.02. The zero-order valence-corrected chi connectivity index (χ0v) is 11.7. The SMILES string of the molecule is COC1CCC(NCc2cn(C)c(=O)n(C)c2=O)C1. The van der Waals surface area contributed by atoms with Gasteiger partial charge in [-0.3, -0.25) is 9.36 Å². The van der Waals surface area contributed by atoms with Crippen molar-refractivity contribution in [2.75, 3.05) is 7.11 Å². The van der Waals surface area contributed by atoms with Crippen molar-refractivity contribution in [1.82, 2.24) is 14.5 Å². The lowest BCUT2D eigenvalue weighted by Gasteiger charge is -2.13. The van der Waals surface area contributed by atoms with Gasteiger partial charge in [-0.2, -0.15) is 0 Å². The van der Waals surface area contributed by atoms with Crippen molar-refractivity contribution < 1.29 is 4.74 Å². The molecular formula is C13H21N3O3. The maximum absolute atomic E-state index is 12.0. The predicted molar refractivity (Wildman–Crippen MR) is 72.2 cm³/mol. The molecule has 1 heterocycles. The quantitative estimate of drug-likeness (QED) is 0.816. The van der Waals surface area contributed by atoms with Crippen LogP contribution in [0.1, 0.15) is 24.8 Å². The van der Waals surface area contributed by atoms with Gasteiger partial charge in [0.2, 0.25) is 0 Å². The number of aryl methyl sites for hydroxylation is 1. The molecule has 1 saturated carbocycles. The fraction of sp³-hybridized carbons (Fsp3) is 0.692. The van der Waals surface area contributed by atoms with Crippen LogP contribution in [0.2, 0.25) is 0 Å². The highest BCUT2D eigenvalue weighted by molar-refractivity contribution is 5.05. The molecule has 19 heavy (non-hydrogen) atoms. The van der Waals surface area contributed by atoms with Crippen LogP contribution in [0.3, 0.4) is 0 Å². The highest BCUT2D eigenvalue weighted by Crippen LogP contribution is 2.21. The summed E-state index contributed by atoms with van der Waals surface area (Å²) in [5, 5.41) is 3.37. The van der Waals surface area contributed by atoms with Crippen LogP contribution in [-0.4, -0.2) is 28.4 Å². The lowest BCUT2D eigenvalue weighted by Crippen LogP contribution is -2.40. The Bertz CT molecular complexity index is 561. The van der Waals surface area contributed by atoms with E-state index in [0.29, 0.717) is 24.3 Å². The number of nitrogens with one attached hydrogen (secondary N) is 1. The Hall–Kier alpha value is -1.40. The summed E-state index contributed by atoms with van der Waals surface area (Å²) >= 11 is 0. The number of nitrogens with zero attached hydrogens (tertiary/aromatic N) is 2. The third kappa shape index (κ3) is 2.96. The van der Waals surface area contributed by atoms with Crippen molar-refractivity contribution in [2.45, 2.75) is 38.0 Å². The van der Waals surface area contributed by atoms with E-state index in [4.69, 9.17) is 4.74 Å². The molecule has 1 aliphatic carbocycles. The van der Waals surface area contributed by atoms with Crippen molar-refractivity contribution >= 4 is 0 Å². The normalized spacial score (nSPS) is 22.9. The van der Waals surface area contributed by atoms with Gasteiger partial charge in [-0.1, -0.05) is 0 Å². The monoisotopic (exact) mass is 267 g/mol. The standard InChI is InChI=1S/C13H21N3O3/c1-15-8-9(12(17)16(2)13(15)18)7-14-10-4-5-11(6-10)19-3/h8,10-11,14H,4-7H2,1-3H3. The van der Waals surface area contributed by atoms with Crippen LogP contribution < -0.4 is 16.6 Å². The molecule has 1 aliphatic rings. The van der Waals surface area contributed by atoms with Crippen molar-refractivity contribution in [3.8, 4) is 0 Å². The molecule has 1 fully saturated rings. The van der Waals surface area contributed by atoms with Gasteiger partial charge in [0.25, 0.3) is 5.56 Å². The van der Waals surface area contributed by atoms with Crippen LogP contribution in [0.25, 0.3) is 0 Å². The maximum atomic E-state index is 12.0. The average molecular weight is 267 g/mol. The molecule has 2 rings (SSSR count). The second kappa shape index (κ2) is 5.71. The Morgan fingerprint density at radius 1 is 1.37 bits per heavy atom. The molecule has 0 aromatic carbocycles. The van der Waals surface area contributed by atoms with Crippen LogP contribution in [0, 0.1) is 0 Å². The molecule has 1 N–H and O–H groups in total. The first-order valence-electron chi connectivity index (χ1n) is 6.54. The van der Waals surface area contributed by atoms with Crippen molar-refractivity contribution in [1.29, 1.82) is 0 Å². The molecule has 0 bridgehead atoms. The Kier molecular flexibility index (Phi) is 4.21. The van der Waals surface area contributed by atoms with Crippen LogP contribution in [0.5, 0.6) is 0 Å². The first kappa shape index (κ1) is 14.0. The van der Waals surface area contributed by atoms with Crippen LogP contribution >= 0.6 is 0 Å². The van der Waals surface area contributed by atoms with Gasteiger partial charge in [-0.25, -0.2) is 4.79 Å². The van der Waals surface area contributed by atoms with E-state index in [1.54, 1.807) is 20.4 Å². The number of hydrogen-bond donors (Lipinski definition) is 1. The lowest BCUT2D eigenvalue weighted by molar-refractivity contribution is 0.107. The smallest absolute Gasteiger partial charge is 0.330 e. The Labute approximate surface area is 112 Å². The highest BCUT2D eigenvalue weighted by Gasteiger charge is 2.24. The summed E-state index contributed by atoms with van der Waals surface area (Å²) in [7, 11) is 4.89. The van der Waals surface area contributed by atoms with E-state index >= 15 is 0 Å². The summed E-state index contributed by atoms with van der Waals surface area (Å²) in [5.74, 6) is 0. The molecule has 2 unspecified atom stereocenters. The van der Waals surface area contributed by atoms with Crippen molar-refractivity contribution in [3.63, 3.8) is 0 Å². The zero-order chi connectivity index (χ0) is 14.0. The van der Waals surface area contributed by atoms with E-state index in [0.717, 1.165) is 23.8 Å². The summed E-state index contributed by atoms with van der Waals surface area (Å²) < 4.78 is 7.90. The summed E-state index contributed by atoms with van der Waals surface area (Å²) in [5.41, 5.74) is 0.0939. The van der Waals surface area contributed by atoms with Gasteiger partial charge in [0.05, 0.1) is 6.10 Å². The van der Waals surface area contributed by atoms with Crippen LogP contribution in [-0.2, 0) is 25.4 Å². The largest absolute Gasteiger partial charge is 0.381 e. The van der Waals surface area contributed by atoms with Crippen molar-refractivity contribution in [2.24, 2.45) is 14.1 Å². The Morgan fingerprint density at radius 3 is 2.74 bits per heavy atom. The van der Waals surface area contributed by atoms with E-state index in [9.17, 15) is 9.59 Å². The van der Waals surface area contributed by atoms with E-state index < -0.39 is 0 Å². The molecule has 0 radical (unpaired) electrons. The van der Waals surface area contributed by atoms with Gasteiger partial charge >= 0.3 is 5.69 Å². The molecule has 106 valence electrons. The molecule has 6 nitrogen and oxygen atoms in total. The topological polar surface area (TPSA) is 65.3 Å². The predicted octanol–water partition coefficient (Wildman–Crippen LogP) is -0.259. The van der Waals surface area contributed by atoms with Gasteiger partial charge < -0.3 is 14.6 Å². The fourth-order valence-corrected chi connectivity index (χ4v) is 2.60. The third-order valence-corrected chi connectivity index (χ3v) is 3.82. The van der Waals surface area contributed by atoms with Gasteiger partial charge in [0.1, 0.15) is 0 Å². The molecule has 0 saturated heterocycles. The molecule has 0 spiro atoms. The molecular weight excluding hydrogens is 246 g/mol. The first-order valence-corrected chi connectivity index (χ1v) is 6.54. The zero-order valence-electron chi connectivity index (χ0n) is 11.7. The van der Waals surface area contributed by atoms with Crippen LogP contribution in [0.4, 0.5) is 0 Å². The van der Waals surface area contributed by atoms with Gasteiger partial charge in [0, 0.05) is 45.6 Å². The maximum Gasteiger partial charge on any atom is 0.330 e. The minimum Gasteiger partial charge on any atom is -0.381 e. The lowest BCUT2D eigenvalue weighted by atomic mass is 10.2. The number of hydrogen-bond acceptors (Lipinski definition) is 4. The number of ether oxygens (including phenoxy) is 1. The molecule has 1 aromatic heterocycles. The molecule has 6 heteroatoms. The molecule has 1 aromatic rings. The molecule has 0 amide bonds. The second-order valence-electron chi connectivity index (χ2n) is 5.16. The number of methoxy groups -OCH3 is 1. The summed E-state index contributed by atoms with van der Waals surface area (Å²) in [6.45, 7) is 0.488. The average Bonchev–Trinajstić information content (AvgIpc) is 2.87. The summed E-state index contributed by atoms with van der Waals surface area (Å²) in [4.78, 5) is 23.5. The van der Waals surface area contributed by atoms with E-state index in [1.807, 2.05) is 0 Å². The van der Waals surface area contributed by atoms with Gasteiger partial charge in [0.15, 0.2) is 0 Å². The summed E-state index contributed by atoms with van der Waals surface area (Å²) in [6, 6.07) is 0.381. The number of rotatable bonds is 4. The van der Waals surface area contributed by atoms with Crippen molar-refractivity contribution in [3.05, 3.63) is 32.6 Å². The van der Waals surface area contributed by atoms with E-state index in [1.165, 1.54) is 11.6 Å². The Morgan fingerprint density at radius 2 is 2.11 bits per heavy atom. The van der Waals surface area contributed by atoms with Crippen LogP contribution in [0.15, 0.2) is 15.8 Å². The minimum absolute atomic E-state index is 0.225. The van der Waals surface area contributed by atoms with E-state index in [2.05, 4.69) is 5.32 Å². The fourth-order valence-electron chi connectivity index (χ4n) is 2.60. The van der Waals surface area contributed by atoms with Gasteiger partial charge in [-0.05, 0) is 19.3 Å². The van der Waals surface area contributed by atoms with E-state index in [-0.39, 0.29) is 11.2 Å². The summed E-state index contributed by atoms with van der Waals surface area (Å²) in [6.07, 6.45) is 5.02. The number of aromatic nitrogens is 2. The molecule has 0 aliphatic heterocycles. The third-order valence-electron chi connectivity index (χ3n) is 3.82. The Balaban J connectivity index is 2.05.